The standard InChI is InChI=1S/C18H19NO7S/c1-9-10(2)27-16(15(9)18(23)25-4)19-14(21)8-26-17(22)12-6-5-11(24-3)7-13(12)20/h5-7,20H,8H2,1-4H3,(H,19,21). The summed E-state index contributed by atoms with van der Waals surface area (Å²) in [5.41, 5.74) is 0.886. The van der Waals surface area contributed by atoms with Gasteiger partial charge in [0.1, 0.15) is 22.1 Å². The number of carbonyl (C=O) groups excluding carboxylic acids is 3. The lowest BCUT2D eigenvalue weighted by Crippen LogP contribution is -2.21. The van der Waals surface area contributed by atoms with Gasteiger partial charge in [0.15, 0.2) is 6.61 Å². The number of ether oxygens (including phenoxy) is 3. The molecule has 0 aliphatic carbocycles. The molecule has 0 spiro atoms. The zero-order chi connectivity index (χ0) is 20.1. The summed E-state index contributed by atoms with van der Waals surface area (Å²) in [5.74, 6) is -2.00. The van der Waals surface area contributed by atoms with E-state index in [2.05, 4.69) is 5.32 Å². The van der Waals surface area contributed by atoms with Crippen molar-refractivity contribution < 1.29 is 33.7 Å². The molecule has 0 saturated carbocycles. The van der Waals surface area contributed by atoms with Gasteiger partial charge in [-0.15, -0.1) is 11.3 Å². The van der Waals surface area contributed by atoms with Crippen molar-refractivity contribution in [2.75, 3.05) is 26.1 Å². The monoisotopic (exact) mass is 393 g/mol. The molecular formula is C18H19NO7S. The Balaban J connectivity index is 2.04. The van der Waals surface area contributed by atoms with Gasteiger partial charge in [0.05, 0.1) is 19.8 Å². The predicted octanol–water partition coefficient (Wildman–Crippen LogP) is 2.66. The molecule has 2 aromatic rings. The van der Waals surface area contributed by atoms with E-state index >= 15 is 0 Å². The molecule has 0 bridgehead atoms. The number of benzene rings is 1. The fraction of sp³-hybridized carbons (Fsp3) is 0.278. The Labute approximate surface area is 159 Å². The van der Waals surface area contributed by atoms with E-state index in [1.165, 1.54) is 43.8 Å². The van der Waals surface area contributed by atoms with Gasteiger partial charge in [0, 0.05) is 10.9 Å². The molecule has 2 rings (SSSR count). The maximum absolute atomic E-state index is 12.1. The number of hydrogen-bond acceptors (Lipinski definition) is 8. The third kappa shape index (κ3) is 4.56. The van der Waals surface area contributed by atoms with Crippen molar-refractivity contribution in [1.29, 1.82) is 0 Å². The van der Waals surface area contributed by atoms with Crippen molar-refractivity contribution in [3.63, 3.8) is 0 Å². The molecule has 0 saturated heterocycles. The van der Waals surface area contributed by atoms with Crippen molar-refractivity contribution in [2.24, 2.45) is 0 Å². The van der Waals surface area contributed by atoms with Crippen molar-refractivity contribution in [2.45, 2.75) is 13.8 Å². The number of aromatic hydroxyl groups is 1. The second-order valence-electron chi connectivity index (χ2n) is 5.49. The van der Waals surface area contributed by atoms with Gasteiger partial charge in [0.25, 0.3) is 5.91 Å². The zero-order valence-electron chi connectivity index (χ0n) is 15.2. The predicted molar refractivity (Wildman–Crippen MR) is 98.7 cm³/mol. The molecule has 0 aliphatic heterocycles. The number of amides is 1. The number of phenolic OH excluding ortho intramolecular Hbond substituents is 1. The van der Waals surface area contributed by atoms with Crippen LogP contribution in [0.1, 0.15) is 31.2 Å². The summed E-state index contributed by atoms with van der Waals surface area (Å²) < 4.78 is 14.6. The number of esters is 2. The van der Waals surface area contributed by atoms with Crippen LogP contribution in [0.15, 0.2) is 18.2 Å². The van der Waals surface area contributed by atoms with Crippen LogP contribution < -0.4 is 10.1 Å². The molecule has 1 aromatic carbocycles. The van der Waals surface area contributed by atoms with E-state index in [1.807, 2.05) is 6.92 Å². The van der Waals surface area contributed by atoms with E-state index in [0.717, 1.165) is 4.88 Å². The van der Waals surface area contributed by atoms with Crippen LogP contribution in [0.3, 0.4) is 0 Å². The van der Waals surface area contributed by atoms with Crippen molar-refractivity contribution in [3.05, 3.63) is 39.8 Å². The van der Waals surface area contributed by atoms with Crippen molar-refractivity contribution >= 4 is 34.2 Å². The van der Waals surface area contributed by atoms with Gasteiger partial charge >= 0.3 is 11.9 Å². The highest BCUT2D eigenvalue weighted by molar-refractivity contribution is 7.16. The molecule has 1 heterocycles. The smallest absolute Gasteiger partial charge is 0.342 e. The van der Waals surface area contributed by atoms with Gasteiger partial charge < -0.3 is 24.6 Å². The fourth-order valence-electron chi connectivity index (χ4n) is 2.25. The molecule has 0 unspecified atom stereocenters. The summed E-state index contributed by atoms with van der Waals surface area (Å²) in [4.78, 5) is 36.9. The van der Waals surface area contributed by atoms with Gasteiger partial charge in [-0.05, 0) is 31.5 Å². The SMILES string of the molecule is COC(=O)c1c(NC(=O)COC(=O)c2ccc(OC)cc2O)sc(C)c1C. The molecule has 0 fully saturated rings. The van der Waals surface area contributed by atoms with Gasteiger partial charge in [-0.25, -0.2) is 9.59 Å². The number of hydrogen-bond donors (Lipinski definition) is 2. The van der Waals surface area contributed by atoms with Crippen molar-refractivity contribution in [3.8, 4) is 11.5 Å². The lowest BCUT2D eigenvalue weighted by Gasteiger charge is -2.09. The molecular weight excluding hydrogens is 374 g/mol. The number of methoxy groups -OCH3 is 2. The van der Waals surface area contributed by atoms with Crippen LogP contribution in [0.25, 0.3) is 0 Å². The lowest BCUT2D eigenvalue weighted by atomic mass is 10.1. The Bertz CT molecular complexity index is 888. The first-order valence-corrected chi connectivity index (χ1v) is 8.62. The third-order valence-electron chi connectivity index (χ3n) is 3.79. The van der Waals surface area contributed by atoms with E-state index in [1.54, 1.807) is 6.92 Å². The second kappa shape index (κ2) is 8.54. The average Bonchev–Trinajstić information content (AvgIpc) is 2.92. The largest absolute Gasteiger partial charge is 0.507 e. The summed E-state index contributed by atoms with van der Waals surface area (Å²) >= 11 is 1.22. The van der Waals surface area contributed by atoms with Crippen LogP contribution in [0.4, 0.5) is 5.00 Å². The van der Waals surface area contributed by atoms with E-state index in [0.29, 0.717) is 16.3 Å². The fourth-order valence-corrected chi connectivity index (χ4v) is 3.31. The molecule has 0 atom stereocenters. The van der Waals surface area contributed by atoms with E-state index < -0.39 is 24.5 Å². The first-order chi connectivity index (χ1) is 12.8. The zero-order valence-corrected chi connectivity index (χ0v) is 16.1. The maximum atomic E-state index is 12.1. The normalized spacial score (nSPS) is 10.2. The quantitative estimate of drug-likeness (QED) is 0.726. The molecule has 2 N–H and O–H groups in total. The van der Waals surface area contributed by atoms with Crippen LogP contribution in [0, 0.1) is 13.8 Å². The Morgan fingerprint density at radius 2 is 1.85 bits per heavy atom. The molecule has 1 aromatic heterocycles. The van der Waals surface area contributed by atoms with Gasteiger partial charge in [-0.1, -0.05) is 0 Å². The van der Waals surface area contributed by atoms with Crippen LogP contribution in [-0.4, -0.2) is 43.8 Å². The van der Waals surface area contributed by atoms with Gasteiger partial charge in [0.2, 0.25) is 0 Å². The summed E-state index contributed by atoms with van der Waals surface area (Å²) in [5, 5.41) is 12.7. The molecule has 1 amide bonds. The molecule has 0 aliphatic rings. The van der Waals surface area contributed by atoms with Gasteiger partial charge in [-0.3, -0.25) is 4.79 Å². The summed E-state index contributed by atoms with van der Waals surface area (Å²) in [7, 11) is 2.68. The highest BCUT2D eigenvalue weighted by atomic mass is 32.1. The molecule has 27 heavy (non-hydrogen) atoms. The highest BCUT2D eigenvalue weighted by Crippen LogP contribution is 2.33. The minimum Gasteiger partial charge on any atom is -0.507 e. The number of aryl methyl sites for hydroxylation is 1. The maximum Gasteiger partial charge on any atom is 0.342 e. The molecule has 9 heteroatoms. The lowest BCUT2D eigenvalue weighted by molar-refractivity contribution is -0.119. The van der Waals surface area contributed by atoms with E-state index in [-0.39, 0.29) is 16.9 Å². The van der Waals surface area contributed by atoms with Crippen LogP contribution in [-0.2, 0) is 14.3 Å². The molecule has 0 radical (unpaired) electrons. The first-order valence-electron chi connectivity index (χ1n) is 7.80. The summed E-state index contributed by atoms with van der Waals surface area (Å²) in [6, 6.07) is 4.07. The van der Waals surface area contributed by atoms with Crippen LogP contribution in [0.2, 0.25) is 0 Å². The Hall–Kier alpha value is -3.07. The Kier molecular flexibility index (Phi) is 6.40. The number of thiophene rings is 1. The topological polar surface area (TPSA) is 111 Å². The average molecular weight is 393 g/mol. The third-order valence-corrected chi connectivity index (χ3v) is 4.91. The number of nitrogens with one attached hydrogen (secondary N) is 1. The van der Waals surface area contributed by atoms with Gasteiger partial charge in [-0.2, -0.15) is 0 Å². The number of phenols is 1. The Morgan fingerprint density at radius 1 is 1.15 bits per heavy atom. The number of rotatable bonds is 6. The van der Waals surface area contributed by atoms with Crippen LogP contribution in [0.5, 0.6) is 11.5 Å². The second-order valence-corrected chi connectivity index (χ2v) is 6.71. The minimum atomic E-state index is -0.864. The first kappa shape index (κ1) is 20.2. The van der Waals surface area contributed by atoms with E-state index in [4.69, 9.17) is 14.2 Å². The van der Waals surface area contributed by atoms with Crippen LogP contribution >= 0.6 is 11.3 Å². The number of anilines is 1. The minimum absolute atomic E-state index is 0.0957. The summed E-state index contributed by atoms with van der Waals surface area (Å²) in [6.07, 6.45) is 0. The van der Waals surface area contributed by atoms with Crippen molar-refractivity contribution in [1.82, 2.24) is 0 Å². The molecule has 144 valence electrons. The highest BCUT2D eigenvalue weighted by Gasteiger charge is 2.22. The Morgan fingerprint density at radius 3 is 2.44 bits per heavy atom. The molecule has 8 nitrogen and oxygen atoms in total. The number of carbonyl (C=O) groups is 3. The van der Waals surface area contributed by atoms with E-state index in [9.17, 15) is 19.5 Å². The summed E-state index contributed by atoms with van der Waals surface area (Å²) in [6.45, 7) is 2.98.